The van der Waals surface area contributed by atoms with Gasteiger partial charge in [0.25, 0.3) is 5.91 Å². The fourth-order valence-electron chi connectivity index (χ4n) is 2.53. The van der Waals surface area contributed by atoms with E-state index in [4.69, 9.17) is 0 Å². The molecule has 2 aromatic rings. The summed E-state index contributed by atoms with van der Waals surface area (Å²) in [4.78, 5) is 23.3. The molecule has 0 bridgehead atoms. The van der Waals surface area contributed by atoms with Gasteiger partial charge in [0.05, 0.1) is 0 Å². The molecule has 2 aromatic carbocycles. The molecule has 0 fully saturated rings. The maximum Gasteiger partial charge on any atom is 0.321 e. The first-order valence-electron chi connectivity index (χ1n) is 7.88. The van der Waals surface area contributed by atoms with Crippen LogP contribution in [-0.4, -0.2) is 24.5 Å². The Morgan fingerprint density at radius 3 is 2.48 bits per heavy atom. The van der Waals surface area contributed by atoms with Crippen LogP contribution in [-0.2, 0) is 4.79 Å². The minimum Gasteiger partial charge on any atom is -0.336 e. The first-order chi connectivity index (χ1) is 11.0. The maximum atomic E-state index is 11.8. The van der Waals surface area contributed by atoms with Gasteiger partial charge in [-0.3, -0.25) is 10.1 Å². The Bertz CT molecular complexity index is 692. The fraction of sp³-hybridized carbons (Fsp3) is 0.333. The number of rotatable bonds is 5. The Labute approximate surface area is 136 Å². The maximum absolute atomic E-state index is 11.8. The van der Waals surface area contributed by atoms with Gasteiger partial charge in [-0.05, 0) is 31.5 Å². The number of nitrogens with two attached hydrogens (primary N) is 1. The lowest BCUT2D eigenvalue weighted by atomic mass is 10.00. The number of fused-ring (bicyclic) bond motifs is 1. The lowest BCUT2D eigenvalue weighted by molar-refractivity contribution is -0.682. The molecular weight excluding hydrogens is 290 g/mol. The lowest BCUT2D eigenvalue weighted by Crippen LogP contribution is -2.87. The van der Waals surface area contributed by atoms with Crippen LogP contribution >= 0.6 is 0 Å². The number of carbonyl (C=O) groups excluding carboxylic acids is 2. The van der Waals surface area contributed by atoms with Crippen molar-refractivity contribution < 1.29 is 14.9 Å². The van der Waals surface area contributed by atoms with Gasteiger partial charge in [0, 0.05) is 11.6 Å². The van der Waals surface area contributed by atoms with Crippen LogP contribution in [0.4, 0.5) is 4.79 Å². The Morgan fingerprint density at radius 2 is 1.74 bits per heavy atom. The van der Waals surface area contributed by atoms with Gasteiger partial charge in [0.15, 0.2) is 6.54 Å². The van der Waals surface area contributed by atoms with Crippen LogP contribution in [0.1, 0.15) is 32.4 Å². The molecule has 0 heterocycles. The Hall–Kier alpha value is -2.40. The molecule has 0 radical (unpaired) electrons. The molecule has 0 saturated heterocycles. The summed E-state index contributed by atoms with van der Waals surface area (Å²) in [7, 11) is 0. The second-order valence-corrected chi connectivity index (χ2v) is 5.97. The number of amides is 3. The van der Waals surface area contributed by atoms with E-state index in [2.05, 4.69) is 41.8 Å². The van der Waals surface area contributed by atoms with E-state index in [-0.39, 0.29) is 24.5 Å². The molecule has 0 aliphatic rings. The topological polar surface area (TPSA) is 74.8 Å². The zero-order valence-electron chi connectivity index (χ0n) is 13.8. The fourth-order valence-corrected chi connectivity index (χ4v) is 2.53. The highest BCUT2D eigenvalue weighted by Crippen LogP contribution is 2.21. The van der Waals surface area contributed by atoms with E-state index >= 15 is 0 Å². The van der Waals surface area contributed by atoms with Crippen LogP contribution in [0.25, 0.3) is 10.8 Å². The van der Waals surface area contributed by atoms with Gasteiger partial charge in [-0.1, -0.05) is 42.5 Å². The van der Waals surface area contributed by atoms with Gasteiger partial charge in [-0.15, -0.1) is 0 Å². The largest absolute Gasteiger partial charge is 0.336 e. The molecule has 0 aromatic heterocycles. The number of benzene rings is 2. The van der Waals surface area contributed by atoms with Crippen molar-refractivity contribution in [1.29, 1.82) is 0 Å². The zero-order valence-corrected chi connectivity index (χ0v) is 13.8. The van der Waals surface area contributed by atoms with Crippen LogP contribution in [0.3, 0.4) is 0 Å². The zero-order chi connectivity index (χ0) is 16.8. The van der Waals surface area contributed by atoms with E-state index in [1.807, 2.05) is 37.4 Å². The molecule has 0 saturated carbocycles. The van der Waals surface area contributed by atoms with E-state index in [1.165, 1.54) is 16.3 Å². The van der Waals surface area contributed by atoms with E-state index in [9.17, 15) is 9.59 Å². The minimum atomic E-state index is -0.448. The van der Waals surface area contributed by atoms with E-state index < -0.39 is 6.03 Å². The predicted molar refractivity (Wildman–Crippen MR) is 91.0 cm³/mol. The Morgan fingerprint density at radius 1 is 1.04 bits per heavy atom. The molecule has 5 nitrogen and oxygen atoms in total. The summed E-state index contributed by atoms with van der Waals surface area (Å²) in [6, 6.07) is 14.1. The van der Waals surface area contributed by atoms with Gasteiger partial charge >= 0.3 is 6.03 Å². The highest BCUT2D eigenvalue weighted by Gasteiger charge is 2.15. The molecule has 0 spiro atoms. The second-order valence-electron chi connectivity index (χ2n) is 5.97. The number of carbonyl (C=O) groups is 2. The van der Waals surface area contributed by atoms with Crippen LogP contribution in [0.2, 0.25) is 0 Å². The average molecular weight is 314 g/mol. The smallest absolute Gasteiger partial charge is 0.321 e. The molecular formula is C18H24N3O2+. The third kappa shape index (κ3) is 4.79. The average Bonchev–Trinajstić information content (AvgIpc) is 2.51. The first kappa shape index (κ1) is 17.0. The molecule has 3 amide bonds. The van der Waals surface area contributed by atoms with Crippen LogP contribution in [0.15, 0.2) is 42.5 Å². The van der Waals surface area contributed by atoms with Crippen molar-refractivity contribution >= 4 is 22.7 Å². The number of quaternary nitrogens is 1. The molecule has 0 aliphatic carbocycles. The van der Waals surface area contributed by atoms with Crippen molar-refractivity contribution in [2.45, 2.75) is 32.9 Å². The van der Waals surface area contributed by atoms with Crippen molar-refractivity contribution in [3.8, 4) is 0 Å². The monoisotopic (exact) mass is 314 g/mol. The highest BCUT2D eigenvalue weighted by atomic mass is 16.2. The highest BCUT2D eigenvalue weighted by molar-refractivity contribution is 5.94. The molecule has 23 heavy (non-hydrogen) atoms. The summed E-state index contributed by atoms with van der Waals surface area (Å²) < 4.78 is 0. The summed E-state index contributed by atoms with van der Waals surface area (Å²) in [6.07, 6.45) is 0. The summed E-state index contributed by atoms with van der Waals surface area (Å²) in [6.45, 7) is 5.96. The van der Waals surface area contributed by atoms with Crippen molar-refractivity contribution in [3.05, 3.63) is 48.0 Å². The Kier molecular flexibility index (Phi) is 5.71. The predicted octanol–water partition coefficient (Wildman–Crippen LogP) is 1.70. The van der Waals surface area contributed by atoms with Crippen molar-refractivity contribution in [3.63, 3.8) is 0 Å². The number of imide groups is 1. The second kappa shape index (κ2) is 7.74. The minimum absolute atomic E-state index is 0.00128. The molecule has 122 valence electrons. The van der Waals surface area contributed by atoms with Gasteiger partial charge in [-0.25, -0.2) is 4.79 Å². The Balaban J connectivity index is 1.95. The molecule has 0 aliphatic heterocycles. The van der Waals surface area contributed by atoms with E-state index in [0.717, 1.165) is 0 Å². The third-order valence-electron chi connectivity index (χ3n) is 3.64. The summed E-state index contributed by atoms with van der Waals surface area (Å²) in [5.74, 6) is -0.296. The van der Waals surface area contributed by atoms with Crippen LogP contribution in [0, 0.1) is 0 Å². The number of hydrogen-bond acceptors (Lipinski definition) is 2. The van der Waals surface area contributed by atoms with E-state index in [1.54, 1.807) is 0 Å². The molecule has 4 N–H and O–H groups in total. The summed E-state index contributed by atoms with van der Waals surface area (Å²) in [5.41, 5.74) is 1.18. The standard InChI is InChI=1S/C18H23N3O2/c1-12(2)20-18(23)21-17(22)11-19-13(3)15-10-6-8-14-7-4-5-9-16(14)15/h4-10,12-13,19H,11H2,1-3H3,(H2,20,21,22,23)/p+1/t13-/m1/s1. The van der Waals surface area contributed by atoms with Crippen LogP contribution in [0.5, 0.6) is 0 Å². The van der Waals surface area contributed by atoms with Gasteiger partial charge < -0.3 is 10.6 Å². The van der Waals surface area contributed by atoms with Crippen LogP contribution < -0.4 is 16.0 Å². The van der Waals surface area contributed by atoms with E-state index in [0.29, 0.717) is 0 Å². The molecule has 1 atom stereocenters. The number of nitrogens with one attached hydrogen (secondary N) is 2. The van der Waals surface area contributed by atoms with Crippen molar-refractivity contribution in [2.75, 3.05) is 6.54 Å². The molecule has 5 heteroatoms. The number of hydrogen-bond donors (Lipinski definition) is 3. The van der Waals surface area contributed by atoms with Gasteiger partial charge in [-0.2, -0.15) is 0 Å². The third-order valence-corrected chi connectivity index (χ3v) is 3.64. The number of urea groups is 1. The normalized spacial score (nSPS) is 12.2. The summed E-state index contributed by atoms with van der Waals surface area (Å²) in [5, 5.41) is 9.28. The lowest BCUT2D eigenvalue weighted by Gasteiger charge is -2.14. The molecule has 2 rings (SSSR count). The van der Waals surface area contributed by atoms with Gasteiger partial charge in [0.2, 0.25) is 0 Å². The molecule has 0 unspecified atom stereocenters. The van der Waals surface area contributed by atoms with Crippen molar-refractivity contribution in [1.82, 2.24) is 10.6 Å². The quantitative estimate of drug-likeness (QED) is 0.786. The van der Waals surface area contributed by atoms with Crippen molar-refractivity contribution in [2.24, 2.45) is 0 Å². The first-order valence-corrected chi connectivity index (χ1v) is 7.88. The van der Waals surface area contributed by atoms with Gasteiger partial charge in [0.1, 0.15) is 6.04 Å². The summed E-state index contributed by atoms with van der Waals surface area (Å²) >= 11 is 0. The SMILES string of the molecule is CC(C)NC(=O)NC(=O)C[NH2+][C@H](C)c1cccc2ccccc12.